The number of amides is 1. The van der Waals surface area contributed by atoms with Crippen molar-refractivity contribution in [2.24, 2.45) is 0 Å². The first-order chi connectivity index (χ1) is 10.4. The summed E-state index contributed by atoms with van der Waals surface area (Å²) in [4.78, 5) is 13.8. The van der Waals surface area contributed by atoms with Crippen LogP contribution in [0.2, 0.25) is 0 Å². The number of nitrogens with one attached hydrogen (secondary N) is 2. The second-order valence-electron chi connectivity index (χ2n) is 4.24. The molecule has 118 valence electrons. The number of thiophene rings is 1. The van der Waals surface area contributed by atoms with Gasteiger partial charge in [-0.05, 0) is 42.6 Å². The van der Waals surface area contributed by atoms with Crippen molar-refractivity contribution in [2.45, 2.75) is 17.2 Å². The maximum atomic E-state index is 12.8. The summed E-state index contributed by atoms with van der Waals surface area (Å²) in [5, 5.41) is 1.61. The highest BCUT2D eigenvalue weighted by molar-refractivity contribution is 7.91. The Morgan fingerprint density at radius 1 is 1.27 bits per heavy atom. The molecule has 0 spiro atoms. The van der Waals surface area contributed by atoms with Gasteiger partial charge in [0.15, 0.2) is 6.10 Å². The fourth-order valence-electron chi connectivity index (χ4n) is 1.46. The van der Waals surface area contributed by atoms with E-state index in [1.54, 1.807) is 11.4 Å². The van der Waals surface area contributed by atoms with Gasteiger partial charge < -0.3 is 4.74 Å². The summed E-state index contributed by atoms with van der Waals surface area (Å²) in [5.41, 5.74) is 2.07. The largest absolute Gasteiger partial charge is 0.481 e. The molecule has 22 heavy (non-hydrogen) atoms. The van der Waals surface area contributed by atoms with Crippen LogP contribution in [-0.4, -0.2) is 20.4 Å². The zero-order chi connectivity index (χ0) is 16.2. The highest BCUT2D eigenvalue weighted by Gasteiger charge is 2.19. The van der Waals surface area contributed by atoms with E-state index < -0.39 is 27.9 Å². The van der Waals surface area contributed by atoms with Gasteiger partial charge in [-0.25, -0.2) is 12.8 Å². The maximum absolute atomic E-state index is 12.8. The molecule has 0 saturated heterocycles. The third-order valence-corrected chi connectivity index (χ3v) is 5.21. The zero-order valence-corrected chi connectivity index (χ0v) is 13.1. The number of hydrazine groups is 1. The number of carbonyl (C=O) groups excluding carboxylic acids is 1. The van der Waals surface area contributed by atoms with Crippen LogP contribution in [-0.2, 0) is 14.8 Å². The van der Waals surface area contributed by atoms with E-state index in [2.05, 4.69) is 5.43 Å². The third kappa shape index (κ3) is 4.26. The van der Waals surface area contributed by atoms with E-state index in [1.165, 1.54) is 37.3 Å². The van der Waals surface area contributed by atoms with Gasteiger partial charge in [-0.15, -0.1) is 16.2 Å². The van der Waals surface area contributed by atoms with Crippen molar-refractivity contribution < 1.29 is 22.3 Å². The van der Waals surface area contributed by atoms with Gasteiger partial charge in [-0.3, -0.25) is 10.2 Å². The molecule has 1 aromatic heterocycles. The smallest absolute Gasteiger partial charge is 0.275 e. The van der Waals surface area contributed by atoms with E-state index in [4.69, 9.17) is 4.74 Å². The summed E-state index contributed by atoms with van der Waals surface area (Å²) in [6, 6.07) is 8.13. The molecule has 1 heterocycles. The number of hydrogen-bond donors (Lipinski definition) is 2. The standard InChI is InChI=1S/C13H13FN2O4S2/c1-9(20-11-6-4-10(14)5-7-11)13(17)15-16-22(18,19)12-3-2-8-21-12/h2-9,16H,1H3,(H,15,17)/t9-/m1/s1. The van der Waals surface area contributed by atoms with Crippen LogP contribution in [0.25, 0.3) is 0 Å². The summed E-state index contributed by atoms with van der Waals surface area (Å²) in [5.74, 6) is -0.803. The van der Waals surface area contributed by atoms with Crippen LogP contribution in [0.1, 0.15) is 6.92 Å². The lowest BCUT2D eigenvalue weighted by Crippen LogP contribution is -2.46. The minimum Gasteiger partial charge on any atom is -0.481 e. The molecule has 1 atom stereocenters. The van der Waals surface area contributed by atoms with Crippen LogP contribution in [0.3, 0.4) is 0 Å². The molecule has 0 aliphatic carbocycles. The van der Waals surface area contributed by atoms with Crippen LogP contribution in [0.5, 0.6) is 5.75 Å². The normalized spacial score (nSPS) is 12.6. The number of hydrogen-bond acceptors (Lipinski definition) is 5. The molecule has 0 fully saturated rings. The first-order valence-electron chi connectivity index (χ1n) is 6.16. The van der Waals surface area contributed by atoms with Gasteiger partial charge >= 0.3 is 0 Å². The van der Waals surface area contributed by atoms with Gasteiger partial charge in [0, 0.05) is 0 Å². The highest BCUT2D eigenvalue weighted by Crippen LogP contribution is 2.15. The first kappa shape index (κ1) is 16.4. The summed E-state index contributed by atoms with van der Waals surface area (Å²) < 4.78 is 41.8. The van der Waals surface area contributed by atoms with Crippen LogP contribution >= 0.6 is 11.3 Å². The average Bonchev–Trinajstić information content (AvgIpc) is 3.02. The molecule has 0 bridgehead atoms. The molecule has 2 N–H and O–H groups in total. The van der Waals surface area contributed by atoms with Gasteiger partial charge in [0.25, 0.3) is 15.9 Å². The van der Waals surface area contributed by atoms with Crippen molar-refractivity contribution in [3.05, 3.63) is 47.6 Å². The van der Waals surface area contributed by atoms with Crippen LogP contribution in [0.15, 0.2) is 46.0 Å². The summed E-state index contributed by atoms with van der Waals surface area (Å²) in [6.45, 7) is 1.44. The molecule has 0 aliphatic heterocycles. The van der Waals surface area contributed by atoms with Crippen molar-refractivity contribution in [3.63, 3.8) is 0 Å². The number of sulfonamides is 1. The fraction of sp³-hybridized carbons (Fsp3) is 0.154. The second kappa shape index (κ2) is 6.86. The number of benzene rings is 1. The van der Waals surface area contributed by atoms with Crippen LogP contribution in [0.4, 0.5) is 4.39 Å². The zero-order valence-electron chi connectivity index (χ0n) is 11.4. The van der Waals surface area contributed by atoms with E-state index >= 15 is 0 Å². The summed E-state index contributed by atoms with van der Waals surface area (Å²) in [6.07, 6.45) is -0.962. The van der Waals surface area contributed by atoms with Crippen LogP contribution in [0, 0.1) is 5.82 Å². The third-order valence-electron chi connectivity index (χ3n) is 2.56. The fourth-order valence-corrected chi connectivity index (χ4v) is 3.30. The molecule has 1 amide bonds. The SMILES string of the molecule is C[C@@H](Oc1ccc(F)cc1)C(=O)NNS(=O)(=O)c1cccs1. The molecule has 0 saturated carbocycles. The molecular weight excluding hydrogens is 331 g/mol. The number of rotatable bonds is 6. The molecular formula is C13H13FN2O4S2. The van der Waals surface area contributed by atoms with E-state index in [-0.39, 0.29) is 4.21 Å². The lowest BCUT2D eigenvalue weighted by Gasteiger charge is -2.14. The second-order valence-corrected chi connectivity index (χ2v) is 7.10. The van der Waals surface area contributed by atoms with Gasteiger partial charge in [-0.1, -0.05) is 6.07 Å². The summed E-state index contributed by atoms with van der Waals surface area (Å²) >= 11 is 1.03. The van der Waals surface area contributed by atoms with Gasteiger partial charge in [0.1, 0.15) is 15.8 Å². The Morgan fingerprint density at radius 2 is 1.95 bits per heavy atom. The lowest BCUT2D eigenvalue weighted by molar-refractivity contribution is -0.127. The van der Waals surface area contributed by atoms with Gasteiger partial charge in [0.2, 0.25) is 0 Å². The van der Waals surface area contributed by atoms with Crippen molar-refractivity contribution in [3.8, 4) is 5.75 Å². The number of halogens is 1. The molecule has 0 radical (unpaired) electrons. The minimum atomic E-state index is -3.79. The topological polar surface area (TPSA) is 84.5 Å². The Kier molecular flexibility index (Phi) is 5.11. The van der Waals surface area contributed by atoms with Gasteiger partial charge in [-0.2, -0.15) is 0 Å². The van der Waals surface area contributed by atoms with E-state index in [0.29, 0.717) is 5.75 Å². The quantitative estimate of drug-likeness (QED) is 0.781. The lowest BCUT2D eigenvalue weighted by atomic mass is 10.3. The Balaban J connectivity index is 1.90. The van der Waals surface area contributed by atoms with E-state index in [0.717, 1.165) is 11.3 Å². The first-order valence-corrected chi connectivity index (χ1v) is 8.52. The molecule has 0 aliphatic rings. The number of ether oxygens (including phenoxy) is 1. The van der Waals surface area contributed by atoms with E-state index in [9.17, 15) is 17.6 Å². The Labute approximate surface area is 130 Å². The minimum absolute atomic E-state index is 0.0832. The molecule has 6 nitrogen and oxygen atoms in total. The maximum Gasteiger partial charge on any atom is 0.275 e. The van der Waals surface area contributed by atoms with Crippen molar-refractivity contribution in [1.29, 1.82) is 0 Å². The van der Waals surface area contributed by atoms with Crippen LogP contribution < -0.4 is 15.0 Å². The Bertz CT molecular complexity index is 730. The number of carbonyl (C=O) groups is 1. The highest BCUT2D eigenvalue weighted by atomic mass is 32.2. The van der Waals surface area contributed by atoms with Crippen molar-refractivity contribution in [2.75, 3.05) is 0 Å². The predicted molar refractivity (Wildman–Crippen MR) is 79.3 cm³/mol. The molecule has 0 unspecified atom stereocenters. The van der Waals surface area contributed by atoms with Gasteiger partial charge in [0.05, 0.1) is 0 Å². The monoisotopic (exact) mass is 344 g/mol. The summed E-state index contributed by atoms with van der Waals surface area (Å²) in [7, 11) is -3.79. The molecule has 2 aromatic rings. The van der Waals surface area contributed by atoms with Crippen molar-refractivity contribution >= 4 is 27.3 Å². The molecule has 1 aromatic carbocycles. The molecule has 2 rings (SSSR count). The van der Waals surface area contributed by atoms with Crippen molar-refractivity contribution in [1.82, 2.24) is 10.3 Å². The predicted octanol–water partition coefficient (Wildman–Crippen LogP) is 1.66. The van der Waals surface area contributed by atoms with E-state index in [1.807, 2.05) is 4.83 Å². The Morgan fingerprint density at radius 3 is 2.55 bits per heavy atom. The molecule has 9 heteroatoms. The average molecular weight is 344 g/mol. The Hall–Kier alpha value is -1.97.